The topological polar surface area (TPSA) is 32.3 Å². The third-order valence-corrected chi connectivity index (χ3v) is 1.42. The van der Waals surface area contributed by atoms with Gasteiger partial charge in [0.25, 0.3) is 0 Å². The maximum Gasteiger partial charge on any atom is 0.0921 e. The molecule has 0 saturated heterocycles. The Balaban J connectivity index is 3.79. The summed E-state index contributed by atoms with van der Waals surface area (Å²) in [4.78, 5) is 0. The maximum absolute atomic E-state index is 9.51. The van der Waals surface area contributed by atoms with Crippen LogP contribution in [0.1, 0.15) is 27.7 Å². The summed E-state index contributed by atoms with van der Waals surface area (Å²) in [5.41, 5.74) is -0.750. The summed E-state index contributed by atoms with van der Waals surface area (Å²) in [5, 5.41) is 12.7. The van der Waals surface area contributed by atoms with Gasteiger partial charge in [-0.25, -0.2) is 0 Å². The molecule has 2 heteroatoms. The molecular formula is C9H19NO. The molecule has 0 bridgehead atoms. The van der Waals surface area contributed by atoms with Gasteiger partial charge < -0.3 is 10.4 Å². The molecule has 1 atom stereocenters. The van der Waals surface area contributed by atoms with Gasteiger partial charge in [0.1, 0.15) is 0 Å². The van der Waals surface area contributed by atoms with Crippen LogP contribution in [-0.4, -0.2) is 22.8 Å². The highest BCUT2D eigenvalue weighted by atomic mass is 16.3. The second-order valence-corrected chi connectivity index (χ2v) is 4.16. The first kappa shape index (κ1) is 10.7. The van der Waals surface area contributed by atoms with Gasteiger partial charge >= 0.3 is 0 Å². The van der Waals surface area contributed by atoms with E-state index in [1.165, 1.54) is 0 Å². The molecule has 0 saturated carbocycles. The largest absolute Gasteiger partial charge is 0.385 e. The molecule has 11 heavy (non-hydrogen) atoms. The number of hydrogen-bond acceptors (Lipinski definition) is 2. The van der Waals surface area contributed by atoms with Crippen LogP contribution in [0, 0.1) is 0 Å². The molecule has 0 aliphatic rings. The molecule has 1 unspecified atom stereocenters. The van der Waals surface area contributed by atoms with Crippen molar-refractivity contribution in [1.82, 2.24) is 5.32 Å². The molecule has 0 aliphatic carbocycles. The molecule has 0 fully saturated rings. The smallest absolute Gasteiger partial charge is 0.0921 e. The van der Waals surface area contributed by atoms with Crippen molar-refractivity contribution in [3.63, 3.8) is 0 Å². The first-order chi connectivity index (χ1) is 4.77. The van der Waals surface area contributed by atoms with Crippen LogP contribution in [0.15, 0.2) is 12.7 Å². The monoisotopic (exact) mass is 157 g/mol. The minimum Gasteiger partial charge on any atom is -0.385 e. The molecule has 2 nitrogen and oxygen atoms in total. The molecular weight excluding hydrogens is 138 g/mol. The fourth-order valence-corrected chi connectivity index (χ4v) is 0.516. The predicted octanol–water partition coefficient (Wildman–Crippen LogP) is 1.31. The van der Waals surface area contributed by atoms with E-state index >= 15 is 0 Å². The summed E-state index contributed by atoms with van der Waals surface area (Å²) < 4.78 is 0. The van der Waals surface area contributed by atoms with Crippen LogP contribution in [-0.2, 0) is 0 Å². The Bertz CT molecular complexity index is 133. The van der Waals surface area contributed by atoms with Gasteiger partial charge in [-0.05, 0) is 27.7 Å². The van der Waals surface area contributed by atoms with E-state index < -0.39 is 5.60 Å². The van der Waals surface area contributed by atoms with Crippen LogP contribution in [0.2, 0.25) is 0 Å². The maximum atomic E-state index is 9.51. The van der Waals surface area contributed by atoms with Gasteiger partial charge in [0.05, 0.1) is 5.60 Å². The SMILES string of the molecule is C=CC(C)(O)CNC(C)(C)C. The van der Waals surface area contributed by atoms with Crippen LogP contribution < -0.4 is 5.32 Å². The molecule has 0 radical (unpaired) electrons. The van der Waals surface area contributed by atoms with E-state index in [-0.39, 0.29) is 5.54 Å². The average Bonchev–Trinajstić information content (AvgIpc) is 1.83. The highest BCUT2D eigenvalue weighted by Crippen LogP contribution is 2.05. The average molecular weight is 157 g/mol. The summed E-state index contributed by atoms with van der Waals surface area (Å²) >= 11 is 0. The van der Waals surface area contributed by atoms with E-state index in [1.807, 2.05) is 0 Å². The van der Waals surface area contributed by atoms with E-state index in [9.17, 15) is 5.11 Å². The van der Waals surface area contributed by atoms with Gasteiger partial charge in [-0.1, -0.05) is 6.08 Å². The van der Waals surface area contributed by atoms with Crippen molar-refractivity contribution in [3.8, 4) is 0 Å². The van der Waals surface area contributed by atoms with Crippen molar-refractivity contribution in [2.45, 2.75) is 38.8 Å². The van der Waals surface area contributed by atoms with E-state index in [2.05, 4.69) is 32.7 Å². The number of aliphatic hydroxyl groups is 1. The van der Waals surface area contributed by atoms with Gasteiger partial charge in [0.15, 0.2) is 0 Å². The van der Waals surface area contributed by atoms with Crippen molar-refractivity contribution >= 4 is 0 Å². The summed E-state index contributed by atoms with van der Waals surface area (Å²) in [6.07, 6.45) is 1.55. The highest BCUT2D eigenvalue weighted by Gasteiger charge is 2.18. The van der Waals surface area contributed by atoms with Crippen molar-refractivity contribution < 1.29 is 5.11 Å². The standard InChI is InChI=1S/C9H19NO/c1-6-9(5,11)7-10-8(2,3)4/h6,10-11H,1,7H2,2-5H3. The van der Waals surface area contributed by atoms with Crippen LogP contribution in [0.3, 0.4) is 0 Å². The third kappa shape index (κ3) is 6.07. The van der Waals surface area contributed by atoms with Crippen LogP contribution in [0.5, 0.6) is 0 Å². The first-order valence-electron chi connectivity index (χ1n) is 3.88. The summed E-state index contributed by atoms with van der Waals surface area (Å²) in [6.45, 7) is 12.0. The van der Waals surface area contributed by atoms with Gasteiger partial charge in [0, 0.05) is 12.1 Å². The minimum absolute atomic E-state index is 0.0486. The Hall–Kier alpha value is -0.340. The third-order valence-electron chi connectivity index (χ3n) is 1.42. The van der Waals surface area contributed by atoms with Crippen molar-refractivity contribution in [2.75, 3.05) is 6.54 Å². The normalized spacial score (nSPS) is 17.5. The zero-order valence-corrected chi connectivity index (χ0v) is 7.94. The Labute approximate surface area is 69.3 Å². The molecule has 0 aliphatic heterocycles. The summed E-state index contributed by atoms with van der Waals surface area (Å²) in [5.74, 6) is 0. The predicted molar refractivity (Wildman–Crippen MR) is 48.6 cm³/mol. The van der Waals surface area contributed by atoms with E-state index in [4.69, 9.17) is 0 Å². The van der Waals surface area contributed by atoms with Crippen LogP contribution in [0.25, 0.3) is 0 Å². The zero-order chi connectivity index (χ0) is 9.12. The zero-order valence-electron chi connectivity index (χ0n) is 7.94. The van der Waals surface area contributed by atoms with Crippen LogP contribution in [0.4, 0.5) is 0 Å². The van der Waals surface area contributed by atoms with Gasteiger partial charge in [-0.2, -0.15) is 0 Å². The molecule has 0 aromatic carbocycles. The lowest BCUT2D eigenvalue weighted by Gasteiger charge is -2.26. The fraction of sp³-hybridized carbons (Fsp3) is 0.778. The molecule has 0 spiro atoms. The van der Waals surface area contributed by atoms with Crippen LogP contribution >= 0.6 is 0 Å². The molecule has 0 heterocycles. The molecule has 0 amide bonds. The minimum atomic E-state index is -0.798. The highest BCUT2D eigenvalue weighted by molar-refractivity contribution is 4.94. The van der Waals surface area contributed by atoms with Crippen molar-refractivity contribution in [1.29, 1.82) is 0 Å². The summed E-state index contributed by atoms with van der Waals surface area (Å²) in [7, 11) is 0. The molecule has 0 aromatic rings. The van der Waals surface area contributed by atoms with E-state index in [0.29, 0.717) is 6.54 Å². The van der Waals surface area contributed by atoms with Gasteiger partial charge in [0.2, 0.25) is 0 Å². The molecule has 0 rings (SSSR count). The lowest BCUT2D eigenvalue weighted by molar-refractivity contribution is 0.102. The molecule has 0 aromatic heterocycles. The summed E-state index contributed by atoms with van der Waals surface area (Å²) in [6, 6.07) is 0. The second-order valence-electron chi connectivity index (χ2n) is 4.16. The Kier molecular flexibility index (Phi) is 3.27. The molecule has 66 valence electrons. The lowest BCUT2D eigenvalue weighted by Crippen LogP contribution is -2.45. The van der Waals surface area contributed by atoms with E-state index in [0.717, 1.165) is 0 Å². The number of nitrogens with one attached hydrogen (secondary N) is 1. The second kappa shape index (κ2) is 3.37. The Morgan fingerprint density at radius 2 is 1.82 bits per heavy atom. The quantitative estimate of drug-likeness (QED) is 0.605. The Morgan fingerprint density at radius 1 is 1.36 bits per heavy atom. The van der Waals surface area contributed by atoms with Gasteiger partial charge in [-0.15, -0.1) is 6.58 Å². The first-order valence-corrected chi connectivity index (χ1v) is 3.88. The van der Waals surface area contributed by atoms with E-state index in [1.54, 1.807) is 13.0 Å². The lowest BCUT2D eigenvalue weighted by atomic mass is 10.0. The Morgan fingerprint density at radius 3 is 2.09 bits per heavy atom. The van der Waals surface area contributed by atoms with Crippen molar-refractivity contribution in [2.24, 2.45) is 0 Å². The molecule has 2 N–H and O–H groups in total. The number of rotatable bonds is 3. The number of hydrogen-bond donors (Lipinski definition) is 2. The fourth-order valence-electron chi connectivity index (χ4n) is 0.516. The van der Waals surface area contributed by atoms with Gasteiger partial charge in [-0.3, -0.25) is 0 Å². The number of β-amino-alcohol motifs (C(OH)–C–C–N with tert-alkyl or cyclic N) is 1. The van der Waals surface area contributed by atoms with Crippen molar-refractivity contribution in [3.05, 3.63) is 12.7 Å².